The minimum Gasteiger partial charge on any atom is -0.467 e. The van der Waals surface area contributed by atoms with Crippen molar-refractivity contribution in [1.29, 1.82) is 5.26 Å². The minimum atomic E-state index is -0.878. The molecule has 0 saturated carbocycles. The average molecular weight is 952 g/mol. The summed E-state index contributed by atoms with van der Waals surface area (Å²) < 4.78 is 17.0. The first-order valence-corrected chi connectivity index (χ1v) is 23.5. The Balaban J connectivity index is 0.876. The molecule has 0 bridgehead atoms. The maximum Gasteiger partial charge on any atom is 0.328 e. The van der Waals surface area contributed by atoms with Crippen LogP contribution in [-0.4, -0.2) is 117 Å². The van der Waals surface area contributed by atoms with Gasteiger partial charge >= 0.3 is 5.97 Å². The van der Waals surface area contributed by atoms with Crippen LogP contribution in [0, 0.1) is 16.7 Å². The fraction of sp³-hybridized carbons (Fsp3) is 0.423. The van der Waals surface area contributed by atoms with E-state index < -0.39 is 23.5 Å². The van der Waals surface area contributed by atoms with Crippen molar-refractivity contribution < 1.29 is 33.4 Å². The van der Waals surface area contributed by atoms with Crippen molar-refractivity contribution in [3.05, 3.63) is 108 Å². The molecule has 70 heavy (non-hydrogen) atoms. The lowest BCUT2D eigenvalue weighted by atomic mass is 9.88. The summed E-state index contributed by atoms with van der Waals surface area (Å²) in [6, 6.07) is 19.0. The number of piperazine rings is 1. The maximum atomic E-state index is 13.5. The quantitative estimate of drug-likeness (QED) is 0.0844. The molecule has 0 radical (unpaired) electrons. The third kappa shape index (κ3) is 12.0. The number of esters is 1. The van der Waals surface area contributed by atoms with Crippen LogP contribution in [0.1, 0.15) is 99.7 Å². The van der Waals surface area contributed by atoms with Crippen LogP contribution in [0.3, 0.4) is 0 Å². The molecule has 6 heterocycles. The van der Waals surface area contributed by atoms with Crippen molar-refractivity contribution in [3.8, 4) is 29.0 Å². The van der Waals surface area contributed by atoms with Crippen LogP contribution in [-0.2, 0) is 25.6 Å². The molecular weight excluding hydrogens is 891 g/mol. The lowest BCUT2D eigenvalue weighted by Gasteiger charge is -2.40. The lowest BCUT2D eigenvalue weighted by molar-refractivity contribution is -0.143. The van der Waals surface area contributed by atoms with E-state index in [4.69, 9.17) is 19.2 Å². The van der Waals surface area contributed by atoms with Gasteiger partial charge in [-0.05, 0) is 81.8 Å². The number of benzene rings is 1. The Morgan fingerprint density at radius 2 is 1.77 bits per heavy atom. The second kappa shape index (κ2) is 21.8. The zero-order valence-electron chi connectivity index (χ0n) is 41.1. The second-order valence-corrected chi connectivity index (χ2v) is 19.2. The van der Waals surface area contributed by atoms with Gasteiger partial charge in [0.1, 0.15) is 36.0 Å². The standard InChI is InChI=1S/C52H61N11O7/c1-9-38(29-55-37-13-10-14-39(24-37)70-44-18-15-34(26-56-44)48(66)60-42(49(67)68-8)19-20-51(3,4)5)69-32-45(64)62-23-22-61(30-33(62)2)50-57-27-36(28-58-50)41-17-16-40-46(65)52(6,7)63(47(40)59-41)31-35-12-11-21-54-43(35)25-53/h10-18,21,24,26-28,33,38,42,55H,9,19-20,22-23,29-32H2,1-8H3,(H,60,66)/t33-,38?,42+/m1/s1. The first-order chi connectivity index (χ1) is 33.5. The molecule has 1 fully saturated rings. The van der Waals surface area contributed by atoms with Crippen molar-refractivity contribution in [2.45, 2.75) is 98.0 Å². The largest absolute Gasteiger partial charge is 0.467 e. The van der Waals surface area contributed by atoms with Gasteiger partial charge in [-0.1, -0.05) is 39.8 Å². The van der Waals surface area contributed by atoms with E-state index in [1.807, 2.05) is 61.8 Å². The number of methoxy groups -OCH3 is 1. The topological polar surface area (TPSA) is 218 Å². The lowest BCUT2D eigenvalue weighted by Crippen LogP contribution is -2.55. The zero-order chi connectivity index (χ0) is 50.2. The van der Waals surface area contributed by atoms with Crippen molar-refractivity contribution in [2.75, 3.05) is 55.0 Å². The smallest absolute Gasteiger partial charge is 0.328 e. The molecule has 2 amide bonds. The Morgan fingerprint density at radius 3 is 2.46 bits per heavy atom. The number of carbonyl (C=O) groups is 4. The van der Waals surface area contributed by atoms with Crippen LogP contribution in [0.25, 0.3) is 11.3 Å². The summed E-state index contributed by atoms with van der Waals surface area (Å²) in [5.74, 6) is 0.814. The van der Waals surface area contributed by atoms with E-state index >= 15 is 0 Å². The highest BCUT2D eigenvalue weighted by Crippen LogP contribution is 2.40. The molecule has 18 heteroatoms. The number of aromatic nitrogens is 5. The fourth-order valence-electron chi connectivity index (χ4n) is 8.35. The van der Waals surface area contributed by atoms with Gasteiger partial charge in [-0.3, -0.25) is 14.4 Å². The highest BCUT2D eigenvalue weighted by Gasteiger charge is 2.45. The molecule has 18 nitrogen and oxygen atoms in total. The highest BCUT2D eigenvalue weighted by atomic mass is 16.5. The average Bonchev–Trinajstić information content (AvgIpc) is 3.54. The number of fused-ring (bicyclic) bond motifs is 1. The van der Waals surface area contributed by atoms with E-state index in [2.05, 4.69) is 62.3 Å². The number of rotatable bonds is 18. The number of pyridine rings is 3. The van der Waals surface area contributed by atoms with Gasteiger partial charge in [0.25, 0.3) is 5.91 Å². The molecule has 0 spiro atoms. The van der Waals surface area contributed by atoms with E-state index in [1.54, 1.807) is 55.0 Å². The van der Waals surface area contributed by atoms with E-state index in [1.165, 1.54) is 13.3 Å². The Bertz CT molecular complexity index is 2720. The number of hydrogen-bond acceptors (Lipinski definition) is 16. The van der Waals surface area contributed by atoms with Crippen LogP contribution in [0.15, 0.2) is 85.5 Å². The van der Waals surface area contributed by atoms with Crippen LogP contribution >= 0.6 is 0 Å². The first-order valence-electron chi connectivity index (χ1n) is 23.5. The van der Waals surface area contributed by atoms with Crippen LogP contribution < -0.4 is 25.2 Å². The predicted molar refractivity (Wildman–Crippen MR) is 263 cm³/mol. The van der Waals surface area contributed by atoms with E-state index in [0.717, 1.165) is 12.1 Å². The number of Topliss-reactive ketones (excluding diaryl/α,β-unsaturated/α-hetero) is 1. The zero-order valence-corrected chi connectivity index (χ0v) is 41.1. The van der Waals surface area contributed by atoms with Crippen LogP contribution in [0.4, 0.5) is 17.5 Å². The number of nitrogens with zero attached hydrogens (tertiary/aromatic N) is 9. The van der Waals surface area contributed by atoms with E-state index in [9.17, 15) is 24.4 Å². The van der Waals surface area contributed by atoms with Gasteiger partial charge in [-0.2, -0.15) is 5.26 Å². The van der Waals surface area contributed by atoms with Crippen molar-refractivity contribution in [1.82, 2.24) is 35.1 Å². The number of ketones is 1. The van der Waals surface area contributed by atoms with Gasteiger partial charge < -0.3 is 39.5 Å². The second-order valence-electron chi connectivity index (χ2n) is 19.2. The summed E-state index contributed by atoms with van der Waals surface area (Å²) >= 11 is 0. The van der Waals surface area contributed by atoms with Gasteiger partial charge in [0.05, 0.1) is 35.6 Å². The van der Waals surface area contributed by atoms with E-state index in [-0.39, 0.29) is 47.3 Å². The van der Waals surface area contributed by atoms with Crippen molar-refractivity contribution in [3.63, 3.8) is 0 Å². The SMILES string of the molecule is CCC(CNc1cccc(Oc2ccc(C(=O)N[C@@H](CCC(C)(C)C)C(=O)OC)cn2)c1)OCC(=O)N1CCN(c2ncc(-c3ccc4c(n3)N(Cc3cccnc3C#N)C(C)(C)C4=O)cn2)C[C@H]1C. The fourth-order valence-corrected chi connectivity index (χ4v) is 8.35. The highest BCUT2D eigenvalue weighted by molar-refractivity contribution is 6.13. The summed E-state index contributed by atoms with van der Waals surface area (Å²) in [5, 5.41) is 15.8. The monoisotopic (exact) mass is 951 g/mol. The normalized spacial score (nSPS) is 16.2. The summed E-state index contributed by atoms with van der Waals surface area (Å²) in [6.07, 6.45) is 8.02. The number of nitrogens with one attached hydrogen (secondary N) is 2. The number of carbonyl (C=O) groups excluding carboxylic acids is 4. The predicted octanol–water partition coefficient (Wildman–Crippen LogP) is 7.02. The summed E-state index contributed by atoms with van der Waals surface area (Å²) in [4.78, 5) is 80.9. The Hall–Kier alpha value is -7.52. The Kier molecular flexibility index (Phi) is 15.7. The van der Waals surface area contributed by atoms with Gasteiger partial charge in [0, 0.05) is 92.5 Å². The van der Waals surface area contributed by atoms with Crippen LogP contribution in [0.2, 0.25) is 0 Å². The molecule has 5 aromatic rings. The molecule has 1 aromatic carbocycles. The molecule has 0 aliphatic carbocycles. The minimum absolute atomic E-state index is 0.0143. The van der Waals surface area contributed by atoms with Crippen molar-refractivity contribution >= 4 is 41.0 Å². The molecule has 366 valence electrons. The molecule has 1 unspecified atom stereocenters. The number of anilines is 3. The molecule has 7 rings (SSSR count). The molecule has 1 saturated heterocycles. The molecule has 2 aliphatic heterocycles. The molecule has 2 N–H and O–H groups in total. The van der Waals surface area contributed by atoms with Gasteiger partial charge in [0.2, 0.25) is 17.7 Å². The van der Waals surface area contributed by atoms with E-state index in [0.29, 0.717) is 91.2 Å². The third-order valence-electron chi connectivity index (χ3n) is 12.6. The van der Waals surface area contributed by atoms with Crippen molar-refractivity contribution in [2.24, 2.45) is 5.41 Å². The Labute approximate surface area is 408 Å². The maximum absolute atomic E-state index is 13.5. The summed E-state index contributed by atoms with van der Waals surface area (Å²) in [5.41, 5.74) is 3.00. The number of nitriles is 1. The molecular formula is C52H61N11O7. The number of hydrogen-bond donors (Lipinski definition) is 2. The van der Waals surface area contributed by atoms with Gasteiger partial charge in [-0.15, -0.1) is 0 Å². The molecule has 3 atom stereocenters. The van der Waals surface area contributed by atoms with Gasteiger partial charge in [-0.25, -0.2) is 29.7 Å². The third-order valence-corrected chi connectivity index (χ3v) is 12.6. The van der Waals surface area contributed by atoms with Gasteiger partial charge in [0.15, 0.2) is 5.78 Å². The molecule has 2 aliphatic rings. The number of ether oxygens (including phenoxy) is 3. The van der Waals surface area contributed by atoms with Crippen LogP contribution in [0.5, 0.6) is 11.6 Å². The molecule has 4 aromatic heterocycles. The summed E-state index contributed by atoms with van der Waals surface area (Å²) in [6.45, 7) is 16.2. The first kappa shape index (κ1) is 50.4. The Morgan fingerprint density at radius 1 is 0.986 bits per heavy atom. The summed E-state index contributed by atoms with van der Waals surface area (Å²) in [7, 11) is 1.30. The number of amides is 2.